The van der Waals surface area contributed by atoms with Gasteiger partial charge in [0.15, 0.2) is 0 Å². The Balaban J connectivity index is 3.09. The van der Waals surface area contributed by atoms with Crippen LogP contribution >= 0.6 is 11.6 Å². The van der Waals surface area contributed by atoms with Gasteiger partial charge in [0, 0.05) is 5.02 Å². The van der Waals surface area contributed by atoms with Crippen molar-refractivity contribution in [1.29, 1.82) is 0 Å². The average Bonchev–Trinajstić information content (AvgIpc) is 2.25. The molecule has 0 saturated heterocycles. The SMILES string of the molecule is C=C(C)CC(NS(=O)(=O)c1cc(F)cc(Cl)c1)C(=O)O. The highest BCUT2D eigenvalue weighted by Crippen LogP contribution is 2.19. The number of hydrogen-bond donors (Lipinski definition) is 2. The Hall–Kier alpha value is -1.44. The molecular weight excluding hydrogens is 309 g/mol. The fraction of sp³-hybridized carbons (Fsp3) is 0.250. The van der Waals surface area contributed by atoms with Crippen LogP contribution in [0.25, 0.3) is 0 Å². The fourth-order valence-corrected chi connectivity index (χ4v) is 3.00. The van der Waals surface area contributed by atoms with Gasteiger partial charge in [0.25, 0.3) is 0 Å². The molecule has 2 N–H and O–H groups in total. The third kappa shape index (κ3) is 4.59. The Morgan fingerprint density at radius 3 is 2.55 bits per heavy atom. The summed E-state index contributed by atoms with van der Waals surface area (Å²) >= 11 is 5.58. The molecule has 0 aliphatic heterocycles. The number of carboxylic acid groups (broad SMARTS) is 1. The summed E-state index contributed by atoms with van der Waals surface area (Å²) in [5, 5.41) is 8.87. The van der Waals surface area contributed by atoms with E-state index in [9.17, 15) is 17.6 Å². The summed E-state index contributed by atoms with van der Waals surface area (Å²) in [6, 6.07) is 1.36. The standard InChI is InChI=1S/C12H13ClFNO4S/c1-7(2)3-11(12(16)17)15-20(18,19)10-5-8(13)4-9(14)6-10/h4-6,11,15H,1,3H2,2H3,(H,16,17). The van der Waals surface area contributed by atoms with Crippen molar-refractivity contribution < 1.29 is 22.7 Å². The number of halogens is 2. The van der Waals surface area contributed by atoms with Crippen molar-refractivity contribution in [2.45, 2.75) is 24.3 Å². The largest absolute Gasteiger partial charge is 0.480 e. The van der Waals surface area contributed by atoms with Crippen molar-refractivity contribution >= 4 is 27.6 Å². The molecule has 0 spiro atoms. The molecular formula is C12H13ClFNO4S. The van der Waals surface area contributed by atoms with Crippen LogP contribution in [0.3, 0.4) is 0 Å². The van der Waals surface area contributed by atoms with Crippen molar-refractivity contribution in [3.8, 4) is 0 Å². The molecule has 0 amide bonds. The highest BCUT2D eigenvalue weighted by atomic mass is 35.5. The maximum absolute atomic E-state index is 13.2. The molecule has 1 aromatic rings. The number of nitrogens with one attached hydrogen (secondary N) is 1. The van der Waals surface area contributed by atoms with Crippen LogP contribution in [0, 0.1) is 5.82 Å². The van der Waals surface area contributed by atoms with Crippen LogP contribution in [0.15, 0.2) is 35.2 Å². The van der Waals surface area contributed by atoms with Gasteiger partial charge in [0.2, 0.25) is 10.0 Å². The van der Waals surface area contributed by atoms with Crippen molar-refractivity contribution in [3.63, 3.8) is 0 Å². The first kappa shape index (κ1) is 16.6. The zero-order valence-corrected chi connectivity index (χ0v) is 12.1. The van der Waals surface area contributed by atoms with E-state index in [1.807, 2.05) is 4.72 Å². The van der Waals surface area contributed by atoms with E-state index in [-0.39, 0.29) is 11.4 Å². The molecule has 1 unspecified atom stereocenters. The first-order chi connectivity index (χ1) is 9.11. The zero-order chi connectivity index (χ0) is 15.5. The highest BCUT2D eigenvalue weighted by Gasteiger charge is 2.26. The molecule has 110 valence electrons. The molecule has 1 rings (SSSR count). The quantitative estimate of drug-likeness (QED) is 0.787. The molecule has 0 radical (unpaired) electrons. The van der Waals surface area contributed by atoms with E-state index in [1.165, 1.54) is 0 Å². The minimum atomic E-state index is -4.19. The van der Waals surface area contributed by atoms with E-state index in [1.54, 1.807) is 6.92 Å². The smallest absolute Gasteiger partial charge is 0.322 e. The number of sulfonamides is 1. The van der Waals surface area contributed by atoms with Gasteiger partial charge < -0.3 is 5.11 Å². The van der Waals surface area contributed by atoms with Gasteiger partial charge in [0.05, 0.1) is 4.90 Å². The summed E-state index contributed by atoms with van der Waals surface area (Å²) < 4.78 is 39.1. The minimum absolute atomic E-state index is 0.0718. The minimum Gasteiger partial charge on any atom is -0.480 e. The molecule has 5 nitrogen and oxygen atoms in total. The molecule has 0 heterocycles. The molecule has 0 aromatic heterocycles. The van der Waals surface area contributed by atoms with Gasteiger partial charge in [-0.1, -0.05) is 17.2 Å². The number of aliphatic carboxylic acids is 1. The monoisotopic (exact) mass is 321 g/mol. The van der Waals surface area contributed by atoms with Crippen LogP contribution in [0.1, 0.15) is 13.3 Å². The summed E-state index contributed by atoms with van der Waals surface area (Å²) in [6.45, 7) is 5.10. The number of rotatable bonds is 6. The van der Waals surface area contributed by atoms with Gasteiger partial charge in [0.1, 0.15) is 11.9 Å². The van der Waals surface area contributed by atoms with Gasteiger partial charge in [-0.3, -0.25) is 4.79 Å². The Morgan fingerprint density at radius 1 is 1.50 bits per heavy atom. The van der Waals surface area contributed by atoms with Crippen molar-refractivity contribution in [3.05, 3.63) is 41.2 Å². The van der Waals surface area contributed by atoms with Crippen molar-refractivity contribution in [1.82, 2.24) is 4.72 Å². The second kappa shape index (κ2) is 6.34. The molecule has 8 heteroatoms. The van der Waals surface area contributed by atoms with Gasteiger partial charge in [-0.2, -0.15) is 4.72 Å². The lowest BCUT2D eigenvalue weighted by atomic mass is 10.1. The fourth-order valence-electron chi connectivity index (χ4n) is 1.47. The molecule has 0 aliphatic carbocycles. The predicted molar refractivity (Wildman–Crippen MR) is 72.6 cm³/mol. The third-order valence-corrected chi connectivity index (χ3v) is 3.96. The predicted octanol–water partition coefficient (Wildman–Crippen LogP) is 2.18. The van der Waals surface area contributed by atoms with Crippen LogP contribution in [0.4, 0.5) is 4.39 Å². The average molecular weight is 322 g/mol. The number of hydrogen-bond acceptors (Lipinski definition) is 3. The third-order valence-electron chi connectivity index (χ3n) is 2.29. The second-order valence-electron chi connectivity index (χ2n) is 4.28. The van der Waals surface area contributed by atoms with Crippen LogP contribution in [0.2, 0.25) is 5.02 Å². The second-order valence-corrected chi connectivity index (χ2v) is 6.43. The van der Waals surface area contributed by atoms with Crippen molar-refractivity contribution in [2.75, 3.05) is 0 Å². The van der Waals surface area contributed by atoms with E-state index < -0.39 is 32.7 Å². The van der Waals surface area contributed by atoms with Gasteiger partial charge in [-0.05, 0) is 31.5 Å². The van der Waals surface area contributed by atoms with E-state index in [2.05, 4.69) is 6.58 Å². The summed E-state index contributed by atoms with van der Waals surface area (Å²) in [6.07, 6.45) is -0.0718. The molecule has 0 fully saturated rings. The Labute approximate surface area is 121 Å². The number of carboxylic acids is 1. The molecule has 20 heavy (non-hydrogen) atoms. The molecule has 0 saturated carbocycles. The van der Waals surface area contributed by atoms with Gasteiger partial charge in [-0.15, -0.1) is 6.58 Å². The van der Waals surface area contributed by atoms with Crippen LogP contribution in [-0.4, -0.2) is 25.5 Å². The Kier molecular flexibility index (Phi) is 5.27. The molecule has 0 bridgehead atoms. The first-order valence-electron chi connectivity index (χ1n) is 5.47. The van der Waals surface area contributed by atoms with E-state index in [0.717, 1.165) is 18.2 Å². The van der Waals surface area contributed by atoms with Gasteiger partial charge >= 0.3 is 5.97 Å². The highest BCUT2D eigenvalue weighted by molar-refractivity contribution is 7.89. The summed E-state index contributed by atoms with van der Waals surface area (Å²) in [5.41, 5.74) is 0.498. The van der Waals surface area contributed by atoms with E-state index >= 15 is 0 Å². The molecule has 1 aromatic carbocycles. The lowest BCUT2D eigenvalue weighted by Crippen LogP contribution is -2.40. The Bertz CT molecular complexity index is 625. The Morgan fingerprint density at radius 2 is 2.10 bits per heavy atom. The number of benzene rings is 1. The normalized spacial score (nSPS) is 12.9. The van der Waals surface area contributed by atoms with Crippen LogP contribution < -0.4 is 4.72 Å². The summed E-state index contributed by atoms with van der Waals surface area (Å²) in [4.78, 5) is 10.6. The van der Waals surface area contributed by atoms with Gasteiger partial charge in [-0.25, -0.2) is 12.8 Å². The van der Waals surface area contributed by atoms with E-state index in [0.29, 0.717) is 5.57 Å². The zero-order valence-electron chi connectivity index (χ0n) is 10.6. The first-order valence-corrected chi connectivity index (χ1v) is 7.33. The lowest BCUT2D eigenvalue weighted by Gasteiger charge is -2.15. The summed E-state index contributed by atoms with van der Waals surface area (Å²) in [5.74, 6) is -2.18. The van der Waals surface area contributed by atoms with Crippen LogP contribution in [0.5, 0.6) is 0 Å². The number of carbonyl (C=O) groups is 1. The topological polar surface area (TPSA) is 83.5 Å². The van der Waals surface area contributed by atoms with Crippen molar-refractivity contribution in [2.24, 2.45) is 0 Å². The maximum atomic E-state index is 13.2. The summed E-state index contributed by atoms with van der Waals surface area (Å²) in [7, 11) is -4.19. The lowest BCUT2D eigenvalue weighted by molar-refractivity contribution is -0.138. The van der Waals surface area contributed by atoms with Crippen LogP contribution in [-0.2, 0) is 14.8 Å². The molecule has 1 atom stereocenters. The molecule has 0 aliphatic rings. The van der Waals surface area contributed by atoms with E-state index in [4.69, 9.17) is 16.7 Å². The maximum Gasteiger partial charge on any atom is 0.322 e.